The van der Waals surface area contributed by atoms with Crippen LogP contribution >= 0.6 is 7.82 Å². The Bertz CT molecular complexity index is 1860. The van der Waals surface area contributed by atoms with E-state index in [1.54, 1.807) is 0 Å². The van der Waals surface area contributed by atoms with Crippen LogP contribution in [0.2, 0.25) is 0 Å². The second kappa shape index (κ2) is 75.7. The number of unbranched alkanes of at least 4 members (excludes halogenated alkanes) is 41. The first kappa shape index (κ1) is 87.7. The van der Waals surface area contributed by atoms with Crippen molar-refractivity contribution in [3.63, 3.8) is 0 Å². The van der Waals surface area contributed by atoms with Crippen LogP contribution in [0.25, 0.3) is 0 Å². The zero-order valence-corrected chi connectivity index (χ0v) is 60.2. The van der Waals surface area contributed by atoms with Crippen molar-refractivity contribution >= 4 is 19.8 Å². The molecule has 0 aliphatic carbocycles. The number of hydrogen-bond acceptors (Lipinski definition) is 8. The molecule has 0 saturated heterocycles. The Balaban J connectivity index is 3.80. The molecule has 9 nitrogen and oxygen atoms in total. The fourth-order valence-corrected chi connectivity index (χ4v) is 11.8. The lowest BCUT2D eigenvalue weighted by Crippen LogP contribution is -2.29. The van der Waals surface area contributed by atoms with Gasteiger partial charge in [0.25, 0.3) is 0 Å². The van der Waals surface area contributed by atoms with E-state index >= 15 is 0 Å². The maximum atomic E-state index is 12.8. The maximum Gasteiger partial charge on any atom is 0.472 e. The summed E-state index contributed by atoms with van der Waals surface area (Å²) in [6.45, 7) is 3.65. The van der Waals surface area contributed by atoms with Crippen molar-refractivity contribution in [1.82, 2.24) is 0 Å². The van der Waals surface area contributed by atoms with Gasteiger partial charge in [-0.15, -0.1) is 0 Å². The smallest absolute Gasteiger partial charge is 0.462 e. The van der Waals surface area contributed by atoms with Gasteiger partial charge in [-0.05, 0) is 103 Å². The average molecular weight is 1290 g/mol. The third-order valence-corrected chi connectivity index (χ3v) is 17.6. The molecular weight excluding hydrogens is 1150 g/mol. The molecule has 0 bridgehead atoms. The summed E-state index contributed by atoms with van der Waals surface area (Å²) in [5.74, 6) is -0.823. The molecule has 0 rings (SSSR count). The molecule has 10 heteroatoms. The Morgan fingerprint density at radius 1 is 0.341 bits per heavy atom. The molecule has 526 valence electrons. The molecule has 2 atom stereocenters. The van der Waals surface area contributed by atoms with Crippen molar-refractivity contribution in [1.29, 1.82) is 0 Å². The number of nitrogens with two attached hydrogens (primary N) is 1. The summed E-state index contributed by atoms with van der Waals surface area (Å²) in [6, 6.07) is 0. The van der Waals surface area contributed by atoms with Crippen molar-refractivity contribution in [2.24, 2.45) is 5.73 Å². The first-order valence-electron chi connectivity index (χ1n) is 38.4. The Hall–Kier alpha value is -3.33. The fourth-order valence-electron chi connectivity index (χ4n) is 11.0. The molecule has 0 amide bonds. The number of phosphoric acid groups is 1. The van der Waals surface area contributed by atoms with Gasteiger partial charge in [0.2, 0.25) is 0 Å². The van der Waals surface area contributed by atoms with Crippen LogP contribution in [0.5, 0.6) is 0 Å². The van der Waals surface area contributed by atoms with E-state index in [1.807, 2.05) is 0 Å². The van der Waals surface area contributed by atoms with Gasteiger partial charge in [-0.1, -0.05) is 354 Å². The Morgan fingerprint density at radius 3 is 0.901 bits per heavy atom. The van der Waals surface area contributed by atoms with Crippen molar-refractivity contribution in [3.05, 3.63) is 109 Å². The zero-order valence-electron chi connectivity index (χ0n) is 59.3. The molecule has 0 saturated carbocycles. The van der Waals surface area contributed by atoms with Crippen LogP contribution in [-0.4, -0.2) is 49.3 Å². The second-order valence-corrected chi connectivity index (χ2v) is 26.9. The van der Waals surface area contributed by atoms with E-state index < -0.39 is 26.5 Å². The summed E-state index contributed by atoms with van der Waals surface area (Å²) in [6.07, 6.45) is 105. The van der Waals surface area contributed by atoms with E-state index in [0.717, 1.165) is 96.3 Å². The monoisotopic (exact) mass is 1290 g/mol. The number of rotatable bonds is 72. The van der Waals surface area contributed by atoms with Crippen LogP contribution in [0, 0.1) is 0 Å². The van der Waals surface area contributed by atoms with Crippen LogP contribution in [0.4, 0.5) is 0 Å². The van der Waals surface area contributed by atoms with Gasteiger partial charge in [0, 0.05) is 19.4 Å². The molecule has 0 aromatic heterocycles. The van der Waals surface area contributed by atoms with Crippen LogP contribution in [0.3, 0.4) is 0 Å². The van der Waals surface area contributed by atoms with Gasteiger partial charge in [-0.3, -0.25) is 18.6 Å². The molecular formula is C81H144NO8P. The third-order valence-electron chi connectivity index (χ3n) is 16.6. The molecule has 91 heavy (non-hydrogen) atoms. The Kier molecular flexibility index (Phi) is 72.9. The minimum Gasteiger partial charge on any atom is -0.462 e. The molecule has 0 radical (unpaired) electrons. The van der Waals surface area contributed by atoms with Crippen LogP contribution in [-0.2, 0) is 32.7 Å². The SMILES string of the molecule is CC/C=C\C/C=C\C/C=C\C/C=C\C/C=C\C/C=C\CCCCCCCCCCCCC(=O)OC(COC(=O)CCCCCCCCCCCCCCCCCCCCCCCCCCCC/C=C\C/C=C\C/C=C\CCCCCCC)COP(=O)(O)OCCN. The predicted molar refractivity (Wildman–Crippen MR) is 395 cm³/mol. The molecule has 0 aliphatic rings. The van der Waals surface area contributed by atoms with Gasteiger partial charge in [-0.2, -0.15) is 0 Å². The van der Waals surface area contributed by atoms with E-state index in [9.17, 15) is 19.0 Å². The van der Waals surface area contributed by atoms with E-state index in [1.165, 1.54) is 231 Å². The molecule has 3 N–H and O–H groups in total. The minimum absolute atomic E-state index is 0.0500. The van der Waals surface area contributed by atoms with Gasteiger partial charge in [0.15, 0.2) is 6.10 Å². The number of allylic oxidation sites excluding steroid dienone is 18. The summed E-state index contributed by atoms with van der Waals surface area (Å²) in [5, 5.41) is 0. The minimum atomic E-state index is -4.40. The number of hydrogen-bond donors (Lipinski definition) is 2. The highest BCUT2D eigenvalue weighted by Gasteiger charge is 2.26. The van der Waals surface area contributed by atoms with Gasteiger partial charge in [0.1, 0.15) is 6.61 Å². The van der Waals surface area contributed by atoms with Crippen LogP contribution in [0.1, 0.15) is 361 Å². The molecule has 2 unspecified atom stereocenters. The van der Waals surface area contributed by atoms with E-state index in [4.69, 9.17) is 24.3 Å². The highest BCUT2D eigenvalue weighted by molar-refractivity contribution is 7.47. The Morgan fingerprint density at radius 2 is 0.604 bits per heavy atom. The van der Waals surface area contributed by atoms with Gasteiger partial charge >= 0.3 is 19.8 Å². The van der Waals surface area contributed by atoms with E-state index in [0.29, 0.717) is 6.42 Å². The third kappa shape index (κ3) is 75.6. The van der Waals surface area contributed by atoms with Crippen LogP contribution < -0.4 is 5.73 Å². The van der Waals surface area contributed by atoms with Crippen LogP contribution in [0.15, 0.2) is 109 Å². The second-order valence-electron chi connectivity index (χ2n) is 25.5. The maximum absolute atomic E-state index is 12.8. The summed E-state index contributed by atoms with van der Waals surface area (Å²) >= 11 is 0. The predicted octanol–water partition coefficient (Wildman–Crippen LogP) is 25.6. The molecule has 0 aromatic carbocycles. The highest BCUT2D eigenvalue weighted by Crippen LogP contribution is 2.43. The normalized spacial score (nSPS) is 13.5. The quantitative estimate of drug-likeness (QED) is 0.0264. The van der Waals surface area contributed by atoms with Crippen molar-refractivity contribution in [2.75, 3.05) is 26.4 Å². The molecule has 0 spiro atoms. The first-order chi connectivity index (χ1) is 44.8. The number of phosphoric ester groups is 1. The van der Waals surface area contributed by atoms with Gasteiger partial charge < -0.3 is 20.1 Å². The van der Waals surface area contributed by atoms with Crippen molar-refractivity contribution in [3.8, 4) is 0 Å². The summed E-state index contributed by atoms with van der Waals surface area (Å²) < 4.78 is 33.2. The lowest BCUT2D eigenvalue weighted by molar-refractivity contribution is -0.161. The number of esters is 2. The summed E-state index contributed by atoms with van der Waals surface area (Å²) in [5.41, 5.74) is 5.41. The summed E-state index contributed by atoms with van der Waals surface area (Å²) in [7, 11) is -4.40. The van der Waals surface area contributed by atoms with Gasteiger partial charge in [0.05, 0.1) is 13.2 Å². The largest absolute Gasteiger partial charge is 0.472 e. The average Bonchev–Trinajstić information content (AvgIpc) is 3.68. The zero-order chi connectivity index (χ0) is 65.8. The molecule has 0 aliphatic heterocycles. The van der Waals surface area contributed by atoms with Crippen molar-refractivity contribution < 1.29 is 37.6 Å². The molecule has 0 heterocycles. The van der Waals surface area contributed by atoms with E-state index in [-0.39, 0.29) is 38.6 Å². The van der Waals surface area contributed by atoms with Crippen molar-refractivity contribution in [2.45, 2.75) is 367 Å². The highest BCUT2D eigenvalue weighted by atomic mass is 31.2. The lowest BCUT2D eigenvalue weighted by Gasteiger charge is -2.19. The number of carbonyl (C=O) groups excluding carboxylic acids is 2. The summed E-state index contributed by atoms with van der Waals surface area (Å²) in [4.78, 5) is 35.4. The molecule has 0 aromatic rings. The standard InChI is InChI=1S/C81H144NO8P/c1-3-5-7-9-11-13-15-17-19-21-23-25-27-29-31-33-34-35-36-37-38-39-40-41-42-43-44-46-47-49-51-53-55-57-59-61-63-65-67-69-71-73-80(83)87-77-79(78-89-91(85,86)88-76-75-82)90-81(84)74-72-70-68-66-64-62-60-58-56-54-52-50-48-45-32-30-28-26-24-22-20-18-16-14-12-10-8-6-4-2/h6,8,12,14-15,17-18,20-21,23-24,26-27,29-30,32,48,50,79H,3-5,7,9-11,13,16,19,22,25,28,31,33-47,49,51-78,82H2,1-2H3,(H,85,86)/b8-6-,14-12-,17-15-,20-18-,23-21-,26-24-,29-27-,32-30-,50-48-. The van der Waals surface area contributed by atoms with Gasteiger partial charge in [-0.25, -0.2) is 4.57 Å². The van der Waals surface area contributed by atoms with E-state index in [2.05, 4.69) is 123 Å². The fraction of sp³-hybridized carbons (Fsp3) is 0.753. The molecule has 0 fully saturated rings. The lowest BCUT2D eigenvalue weighted by atomic mass is 10.0. The topological polar surface area (TPSA) is 134 Å². The number of ether oxygens (including phenoxy) is 2. The Labute approximate surface area is 562 Å². The first-order valence-corrected chi connectivity index (χ1v) is 39.9. The number of carbonyl (C=O) groups is 2.